The molecule has 5 fully saturated rings. The number of fused-ring (bicyclic) bond motifs is 5. The van der Waals surface area contributed by atoms with Gasteiger partial charge in [-0.1, -0.05) is 19.9 Å². The Bertz CT molecular complexity index is 2380. The lowest BCUT2D eigenvalue weighted by molar-refractivity contribution is -0.158. The van der Waals surface area contributed by atoms with Gasteiger partial charge in [0.05, 0.1) is 65.4 Å². The number of anilines is 1. The number of Topliss-reactive ketones (excluding diaryl/α,β-unsaturated/α-hetero) is 1. The summed E-state index contributed by atoms with van der Waals surface area (Å²) < 4.78 is 20.0. The van der Waals surface area contributed by atoms with Gasteiger partial charge in [0.15, 0.2) is 5.78 Å². The molecule has 4 atom stereocenters. The molecule has 8 bridgehead atoms. The number of aryl methyl sites for hydroxylation is 1. The van der Waals surface area contributed by atoms with Gasteiger partial charge >= 0.3 is 6.09 Å². The second kappa shape index (κ2) is 17.2. The SMILES string of the molecule is CCn1c(-c2cc(N3CCN4CCOC[C@@H]4C3)cnc2[C@H](C)OC)c2c3cc(ccc31)-c1csc(n1)C[C@H](NC(=O)OC(C)(C)C)C(=O)N1N[C@H](C(=O)CCC(C)(C)C2)C2CC1C2. The zero-order valence-corrected chi connectivity index (χ0v) is 39.0. The van der Waals surface area contributed by atoms with Gasteiger partial charge in [0.2, 0.25) is 0 Å². The van der Waals surface area contributed by atoms with Gasteiger partial charge in [0, 0.05) is 86.1 Å². The summed E-state index contributed by atoms with van der Waals surface area (Å²) in [6.07, 6.45) is 4.53. The number of nitrogens with one attached hydrogen (secondary N) is 2. The van der Waals surface area contributed by atoms with Crippen molar-refractivity contribution in [1.82, 2.24) is 35.2 Å². The molecular weight excluding hydrogens is 817 g/mol. The van der Waals surface area contributed by atoms with Crippen LogP contribution in [0.4, 0.5) is 10.5 Å². The van der Waals surface area contributed by atoms with Crippen LogP contribution in [0.15, 0.2) is 35.8 Å². The van der Waals surface area contributed by atoms with Crippen LogP contribution in [0.25, 0.3) is 33.4 Å². The number of alkyl carbamates (subject to hydrolysis) is 1. The van der Waals surface area contributed by atoms with Crippen LogP contribution >= 0.6 is 11.3 Å². The van der Waals surface area contributed by atoms with E-state index in [2.05, 4.69) is 77.1 Å². The van der Waals surface area contributed by atoms with Crippen LogP contribution < -0.4 is 15.6 Å². The van der Waals surface area contributed by atoms with Gasteiger partial charge in [-0.05, 0) is 95.4 Å². The van der Waals surface area contributed by atoms with E-state index < -0.39 is 23.8 Å². The zero-order valence-electron chi connectivity index (χ0n) is 38.2. The number of nitrogens with zero attached hydrogens (tertiary/aromatic N) is 6. The summed E-state index contributed by atoms with van der Waals surface area (Å²) >= 11 is 1.47. The summed E-state index contributed by atoms with van der Waals surface area (Å²) in [5.74, 6) is -0.00640. The first kappa shape index (κ1) is 43.8. The normalized spacial score (nSPS) is 25.9. The maximum atomic E-state index is 14.4. The van der Waals surface area contributed by atoms with E-state index in [4.69, 9.17) is 24.2 Å². The molecule has 63 heavy (non-hydrogen) atoms. The van der Waals surface area contributed by atoms with E-state index in [0.717, 1.165) is 110 Å². The Hall–Kier alpha value is -4.41. The fourth-order valence-electron chi connectivity index (χ4n) is 10.4. The van der Waals surface area contributed by atoms with Gasteiger partial charge in [-0.15, -0.1) is 11.3 Å². The number of ketones is 1. The molecule has 4 aromatic rings. The molecule has 1 aromatic carbocycles. The van der Waals surface area contributed by atoms with Gasteiger partial charge in [0.25, 0.3) is 5.91 Å². The summed E-state index contributed by atoms with van der Waals surface area (Å²) in [5.41, 5.74) is 10.6. The van der Waals surface area contributed by atoms with Crippen molar-refractivity contribution >= 4 is 45.7 Å². The van der Waals surface area contributed by atoms with Gasteiger partial charge in [0.1, 0.15) is 11.6 Å². The first-order valence-electron chi connectivity index (χ1n) is 22.9. The van der Waals surface area contributed by atoms with Crippen molar-refractivity contribution in [3.05, 3.63) is 52.1 Å². The van der Waals surface area contributed by atoms with Crippen LogP contribution in [-0.2, 0) is 43.2 Å². The summed E-state index contributed by atoms with van der Waals surface area (Å²) in [5, 5.41) is 8.38. The van der Waals surface area contributed by atoms with Crippen molar-refractivity contribution in [3.63, 3.8) is 0 Å². The lowest BCUT2D eigenvalue weighted by Crippen LogP contribution is -2.71. The minimum absolute atomic E-state index is 0.0425. The van der Waals surface area contributed by atoms with E-state index >= 15 is 0 Å². The molecule has 8 heterocycles. The molecule has 0 spiro atoms. The average molecular weight is 881 g/mol. The van der Waals surface area contributed by atoms with Crippen LogP contribution in [-0.4, -0.2) is 118 Å². The number of hydrazine groups is 1. The molecule has 338 valence electrons. The third-order valence-electron chi connectivity index (χ3n) is 14.0. The topological polar surface area (TPSA) is 143 Å². The Morgan fingerprint density at radius 1 is 1.13 bits per heavy atom. The number of pyridine rings is 1. The van der Waals surface area contributed by atoms with E-state index in [1.807, 2.05) is 11.6 Å². The first-order chi connectivity index (χ1) is 30.1. The summed E-state index contributed by atoms with van der Waals surface area (Å²) in [6, 6.07) is 7.82. The molecule has 15 heteroatoms. The van der Waals surface area contributed by atoms with Crippen LogP contribution in [0.2, 0.25) is 0 Å². The van der Waals surface area contributed by atoms with E-state index in [0.29, 0.717) is 23.9 Å². The lowest BCUT2D eigenvalue weighted by Gasteiger charge is -2.53. The molecule has 14 nitrogen and oxygen atoms in total. The first-order valence-corrected chi connectivity index (χ1v) is 23.8. The number of amides is 2. The second-order valence-corrected chi connectivity index (χ2v) is 21.0. The predicted octanol–water partition coefficient (Wildman–Crippen LogP) is 6.94. The van der Waals surface area contributed by atoms with Gasteiger partial charge < -0.3 is 29.0 Å². The summed E-state index contributed by atoms with van der Waals surface area (Å²) in [7, 11) is 1.74. The molecule has 1 aliphatic carbocycles. The Morgan fingerprint density at radius 3 is 2.70 bits per heavy atom. The largest absolute Gasteiger partial charge is 0.444 e. The number of hydrogen-bond donors (Lipinski definition) is 2. The maximum Gasteiger partial charge on any atom is 0.408 e. The highest BCUT2D eigenvalue weighted by Gasteiger charge is 2.50. The summed E-state index contributed by atoms with van der Waals surface area (Å²) in [4.78, 5) is 57.2. The maximum absolute atomic E-state index is 14.4. The van der Waals surface area contributed by atoms with Crippen molar-refractivity contribution in [2.75, 3.05) is 51.4 Å². The molecule has 6 aliphatic rings. The predicted molar refractivity (Wildman–Crippen MR) is 245 cm³/mol. The number of carbonyl (C=O) groups excluding carboxylic acids is 3. The van der Waals surface area contributed by atoms with E-state index in [1.165, 1.54) is 16.9 Å². The number of rotatable bonds is 6. The minimum Gasteiger partial charge on any atom is -0.444 e. The highest BCUT2D eigenvalue weighted by atomic mass is 32.1. The molecule has 0 radical (unpaired) electrons. The summed E-state index contributed by atoms with van der Waals surface area (Å²) in [6.45, 7) is 20.2. The fraction of sp³-hybridized carbons (Fsp3) is 0.604. The number of piperazine rings is 1. The molecule has 0 unspecified atom stereocenters. The van der Waals surface area contributed by atoms with Crippen molar-refractivity contribution < 1.29 is 28.6 Å². The number of morpholine rings is 1. The van der Waals surface area contributed by atoms with Crippen LogP contribution in [0.5, 0.6) is 0 Å². The van der Waals surface area contributed by atoms with Crippen LogP contribution in [0, 0.1) is 11.3 Å². The number of hydrogen-bond acceptors (Lipinski definition) is 12. The molecular formula is C48H64N8O6S. The third kappa shape index (κ3) is 8.75. The number of ether oxygens (including phenoxy) is 3. The van der Waals surface area contributed by atoms with Gasteiger partial charge in [-0.25, -0.2) is 15.2 Å². The third-order valence-corrected chi connectivity index (χ3v) is 14.8. The standard InChI is InChI=1S/C48H64N8O6S/c1-9-55-39-11-10-29-20-34(39)36(44(55)35-21-32(24-49-42(35)28(2)60-8)54-15-14-53-16-17-61-26-33(53)25-54)23-48(6,7)13-12-40(57)43-30-18-31(19-30)56(52-43)45(58)37(22-41-50-38(29)27-63-41)51-46(59)62-47(3,4)5/h10-11,20-21,24,27-28,30-31,33,37,43,52H,9,12-19,22-23,25-26H2,1-8H3,(H,51,59)/t28-,30?,31?,33-,37-,43-/m0/s1. The lowest BCUT2D eigenvalue weighted by atomic mass is 9.70. The average Bonchev–Trinajstić information content (AvgIpc) is 3.84. The van der Waals surface area contributed by atoms with E-state index in [1.54, 1.807) is 32.9 Å². The minimum atomic E-state index is -0.944. The molecule has 10 rings (SSSR count). The zero-order chi connectivity index (χ0) is 44.4. The highest BCUT2D eigenvalue weighted by Crippen LogP contribution is 2.45. The Balaban J connectivity index is 1.16. The van der Waals surface area contributed by atoms with Crippen LogP contribution in [0.3, 0.4) is 0 Å². The Morgan fingerprint density at radius 2 is 1.94 bits per heavy atom. The smallest absolute Gasteiger partial charge is 0.408 e. The monoisotopic (exact) mass is 880 g/mol. The van der Waals surface area contributed by atoms with Crippen molar-refractivity contribution in [2.24, 2.45) is 11.3 Å². The number of benzene rings is 1. The van der Waals surface area contributed by atoms with Gasteiger partial charge in [-0.3, -0.25) is 24.5 Å². The van der Waals surface area contributed by atoms with Crippen molar-refractivity contribution in [3.8, 4) is 22.5 Å². The molecule has 5 aliphatic heterocycles. The number of carbonyl (C=O) groups is 3. The van der Waals surface area contributed by atoms with Crippen LogP contribution in [0.1, 0.15) is 96.5 Å². The fourth-order valence-corrected chi connectivity index (χ4v) is 11.3. The quantitative estimate of drug-likeness (QED) is 0.208. The van der Waals surface area contributed by atoms with Gasteiger partial charge in [-0.2, -0.15) is 0 Å². The molecule has 3 aromatic heterocycles. The Kier molecular flexibility index (Phi) is 12.0. The Labute approximate surface area is 375 Å². The number of thiazole rings is 1. The van der Waals surface area contributed by atoms with Crippen molar-refractivity contribution in [2.45, 2.75) is 129 Å². The van der Waals surface area contributed by atoms with E-state index in [-0.39, 0.29) is 41.6 Å². The molecule has 2 amide bonds. The molecule has 4 saturated heterocycles. The molecule has 2 N–H and O–H groups in total. The highest BCUT2D eigenvalue weighted by molar-refractivity contribution is 7.10. The number of aromatic nitrogens is 3. The number of methoxy groups -OCH3 is 1. The second-order valence-electron chi connectivity index (χ2n) is 20.1. The molecule has 1 saturated carbocycles. The van der Waals surface area contributed by atoms with E-state index in [9.17, 15) is 14.4 Å². The van der Waals surface area contributed by atoms with Crippen molar-refractivity contribution in [1.29, 1.82) is 0 Å².